The van der Waals surface area contributed by atoms with Gasteiger partial charge in [-0.1, -0.05) is 0 Å². The molecule has 29 heavy (non-hydrogen) atoms. The van der Waals surface area contributed by atoms with Crippen molar-refractivity contribution in [3.8, 4) is 11.5 Å². The Hall–Kier alpha value is -2.77. The molecule has 3 amide bonds. The minimum absolute atomic E-state index is 0.106. The van der Waals surface area contributed by atoms with Crippen LogP contribution in [0.4, 0.5) is 4.79 Å². The van der Waals surface area contributed by atoms with Gasteiger partial charge in [0.2, 0.25) is 6.79 Å². The molecule has 1 heterocycles. The predicted octanol–water partition coefficient (Wildman–Crippen LogP) is 2.37. The number of fused-ring (bicyclic) bond motifs is 1. The van der Waals surface area contributed by atoms with E-state index in [1.165, 1.54) is 31.4 Å². The molecule has 0 saturated heterocycles. The van der Waals surface area contributed by atoms with E-state index in [4.69, 9.17) is 14.2 Å². The fraction of sp³-hybridized carbons (Fsp3) is 0.571. The predicted molar refractivity (Wildman–Crippen MR) is 100 cm³/mol. The third-order valence-electron chi connectivity index (χ3n) is 6.61. The highest BCUT2D eigenvalue weighted by Crippen LogP contribution is 2.55. The van der Waals surface area contributed by atoms with Crippen molar-refractivity contribution in [2.75, 3.05) is 13.4 Å². The summed E-state index contributed by atoms with van der Waals surface area (Å²) < 4.78 is 15.4. The van der Waals surface area contributed by atoms with Crippen molar-refractivity contribution in [1.29, 1.82) is 0 Å². The van der Waals surface area contributed by atoms with Crippen molar-refractivity contribution in [2.24, 2.45) is 17.8 Å². The van der Waals surface area contributed by atoms with Crippen molar-refractivity contribution in [3.05, 3.63) is 23.8 Å². The zero-order valence-corrected chi connectivity index (χ0v) is 16.1. The zero-order valence-electron chi connectivity index (χ0n) is 16.1. The van der Waals surface area contributed by atoms with Gasteiger partial charge in [0.05, 0.1) is 5.56 Å². The first-order valence-corrected chi connectivity index (χ1v) is 10.2. The monoisotopic (exact) mass is 400 g/mol. The Morgan fingerprint density at radius 1 is 1.00 bits per heavy atom. The van der Waals surface area contributed by atoms with Crippen LogP contribution in [-0.4, -0.2) is 36.8 Å². The van der Waals surface area contributed by atoms with Crippen molar-refractivity contribution in [2.45, 2.75) is 44.1 Å². The number of benzene rings is 1. The largest absolute Gasteiger partial charge is 0.454 e. The molecule has 6 rings (SSSR count). The van der Waals surface area contributed by atoms with Crippen molar-refractivity contribution in [3.63, 3.8) is 0 Å². The molecule has 0 aromatic heterocycles. The second-order valence-electron chi connectivity index (χ2n) is 8.84. The molecule has 0 unspecified atom stereocenters. The summed E-state index contributed by atoms with van der Waals surface area (Å²) in [6, 6.07) is 4.14. The summed E-state index contributed by atoms with van der Waals surface area (Å²) in [5, 5.41) is 5.35. The van der Waals surface area contributed by atoms with Crippen LogP contribution in [0.15, 0.2) is 18.2 Å². The molecule has 1 aromatic rings. The van der Waals surface area contributed by atoms with E-state index in [0.717, 1.165) is 19.3 Å². The van der Waals surface area contributed by atoms with E-state index in [-0.39, 0.29) is 17.9 Å². The molecule has 4 aliphatic carbocycles. The number of urea groups is 1. The Balaban J connectivity index is 1.11. The molecular weight excluding hydrogens is 376 g/mol. The average Bonchev–Trinajstić information content (AvgIpc) is 3.12. The van der Waals surface area contributed by atoms with Crippen LogP contribution >= 0.6 is 0 Å². The van der Waals surface area contributed by atoms with Gasteiger partial charge in [-0.3, -0.25) is 10.1 Å². The maximum Gasteiger partial charge on any atom is 0.338 e. The summed E-state index contributed by atoms with van der Waals surface area (Å²) in [6.07, 6.45) is 6.82. The molecule has 0 atom stereocenters. The number of carbonyl (C=O) groups excluding carboxylic acids is 3. The Kier molecular flexibility index (Phi) is 4.37. The first kappa shape index (κ1) is 18.3. The van der Waals surface area contributed by atoms with Gasteiger partial charge >= 0.3 is 12.0 Å². The van der Waals surface area contributed by atoms with Crippen LogP contribution in [0.25, 0.3) is 0 Å². The van der Waals surface area contributed by atoms with Crippen LogP contribution in [0.5, 0.6) is 11.5 Å². The Morgan fingerprint density at radius 3 is 2.34 bits per heavy atom. The highest BCUT2D eigenvalue weighted by atomic mass is 16.7. The minimum Gasteiger partial charge on any atom is -0.454 e. The van der Waals surface area contributed by atoms with Gasteiger partial charge in [0.25, 0.3) is 5.91 Å². The maximum absolute atomic E-state index is 12.4. The van der Waals surface area contributed by atoms with Crippen molar-refractivity contribution >= 4 is 17.9 Å². The van der Waals surface area contributed by atoms with Crippen LogP contribution in [0, 0.1) is 17.8 Å². The molecule has 4 fully saturated rings. The molecule has 4 bridgehead atoms. The van der Waals surface area contributed by atoms with Gasteiger partial charge in [0.1, 0.15) is 0 Å². The second kappa shape index (κ2) is 6.93. The van der Waals surface area contributed by atoms with Gasteiger partial charge < -0.3 is 19.5 Å². The van der Waals surface area contributed by atoms with E-state index in [1.807, 2.05) is 0 Å². The SMILES string of the molecule is O=C(COC(=O)c1ccc2c(c1)OCO2)NC(=O)NC12CC3CC(CC(C3)C1)C2. The number of hydrogen-bond acceptors (Lipinski definition) is 6. The van der Waals surface area contributed by atoms with Gasteiger partial charge in [0, 0.05) is 5.54 Å². The number of rotatable bonds is 4. The van der Waals surface area contributed by atoms with Gasteiger partial charge in [0.15, 0.2) is 18.1 Å². The summed E-state index contributed by atoms with van der Waals surface area (Å²) in [7, 11) is 0. The van der Waals surface area contributed by atoms with Crippen LogP contribution in [-0.2, 0) is 9.53 Å². The van der Waals surface area contributed by atoms with Gasteiger partial charge in [-0.2, -0.15) is 0 Å². The smallest absolute Gasteiger partial charge is 0.338 e. The first-order valence-electron chi connectivity index (χ1n) is 10.2. The van der Waals surface area contributed by atoms with Crippen LogP contribution in [0.3, 0.4) is 0 Å². The number of esters is 1. The third-order valence-corrected chi connectivity index (χ3v) is 6.61. The second-order valence-corrected chi connectivity index (χ2v) is 8.84. The van der Waals surface area contributed by atoms with E-state index >= 15 is 0 Å². The summed E-state index contributed by atoms with van der Waals surface area (Å²) >= 11 is 0. The average molecular weight is 400 g/mol. The minimum atomic E-state index is -0.667. The molecule has 1 aliphatic heterocycles. The topological polar surface area (TPSA) is 103 Å². The fourth-order valence-corrected chi connectivity index (χ4v) is 5.94. The highest BCUT2D eigenvalue weighted by molar-refractivity contribution is 5.97. The number of imide groups is 1. The van der Waals surface area contributed by atoms with Gasteiger partial charge in [-0.15, -0.1) is 0 Å². The molecule has 1 aromatic carbocycles. The lowest BCUT2D eigenvalue weighted by Gasteiger charge is -2.56. The number of amides is 3. The van der Waals surface area contributed by atoms with Crippen LogP contribution in [0.1, 0.15) is 48.9 Å². The van der Waals surface area contributed by atoms with Crippen molar-refractivity contribution < 1.29 is 28.6 Å². The number of hydrogen-bond donors (Lipinski definition) is 2. The Bertz CT molecular complexity index is 831. The summed E-state index contributed by atoms with van der Waals surface area (Å²) in [6.45, 7) is -0.420. The number of carbonyl (C=O) groups is 3. The number of ether oxygens (including phenoxy) is 3. The molecular formula is C21H24N2O6. The lowest BCUT2D eigenvalue weighted by Crippen LogP contribution is -2.62. The molecule has 5 aliphatic rings. The van der Waals surface area contributed by atoms with Crippen LogP contribution in [0.2, 0.25) is 0 Å². The molecule has 8 nitrogen and oxygen atoms in total. The summed E-state index contributed by atoms with van der Waals surface area (Å²) in [5.74, 6) is 1.78. The standard InChI is InChI=1S/C21H24N2O6/c24-18(10-27-19(25)15-1-2-16-17(6-15)29-11-28-16)22-20(26)23-21-7-12-3-13(8-21)5-14(4-12)9-21/h1-2,6,12-14H,3-5,7-11H2,(H2,22,23,24,26). The van der Waals surface area contributed by atoms with Gasteiger partial charge in [-0.25, -0.2) is 9.59 Å². The van der Waals surface area contributed by atoms with Crippen LogP contribution < -0.4 is 20.1 Å². The van der Waals surface area contributed by atoms with E-state index in [9.17, 15) is 14.4 Å². The molecule has 0 radical (unpaired) electrons. The summed E-state index contributed by atoms with van der Waals surface area (Å²) in [5.41, 5.74) is 0.0718. The van der Waals surface area contributed by atoms with Crippen molar-refractivity contribution in [1.82, 2.24) is 10.6 Å². The summed E-state index contributed by atoms with van der Waals surface area (Å²) in [4.78, 5) is 36.6. The third kappa shape index (κ3) is 3.63. The molecule has 8 heteroatoms. The fourth-order valence-electron chi connectivity index (χ4n) is 5.94. The van der Waals surface area contributed by atoms with E-state index in [2.05, 4.69) is 10.6 Å². The number of nitrogens with one attached hydrogen (secondary N) is 2. The highest BCUT2D eigenvalue weighted by Gasteiger charge is 2.51. The molecule has 2 N–H and O–H groups in total. The maximum atomic E-state index is 12.4. The normalized spacial score (nSPS) is 30.7. The zero-order chi connectivity index (χ0) is 20.0. The van der Waals surface area contributed by atoms with E-state index in [1.54, 1.807) is 6.07 Å². The molecule has 0 spiro atoms. The quantitative estimate of drug-likeness (QED) is 0.752. The van der Waals surface area contributed by atoms with E-state index < -0.39 is 24.5 Å². The Labute approximate surface area is 168 Å². The van der Waals surface area contributed by atoms with Gasteiger partial charge in [-0.05, 0) is 74.5 Å². The Morgan fingerprint density at radius 2 is 1.66 bits per heavy atom. The van der Waals surface area contributed by atoms with E-state index in [0.29, 0.717) is 29.3 Å². The molecule has 154 valence electrons. The lowest BCUT2D eigenvalue weighted by molar-refractivity contribution is -0.123. The lowest BCUT2D eigenvalue weighted by atomic mass is 9.53. The first-order chi connectivity index (χ1) is 14.0. The molecule has 4 saturated carbocycles.